The zero-order valence-electron chi connectivity index (χ0n) is 9.78. The van der Waals surface area contributed by atoms with Crippen molar-refractivity contribution in [2.45, 2.75) is 25.8 Å². The fraction of sp³-hybridized carbons (Fsp3) is 0.429. The van der Waals surface area contributed by atoms with Gasteiger partial charge in [0.1, 0.15) is 5.75 Å². The average Bonchev–Trinajstić information content (AvgIpc) is 3.11. The van der Waals surface area contributed by atoms with Gasteiger partial charge in [-0.1, -0.05) is 24.3 Å². The predicted octanol–water partition coefficient (Wildman–Crippen LogP) is 2.85. The number of rotatable bonds is 6. The summed E-state index contributed by atoms with van der Waals surface area (Å²) in [6.45, 7) is 3.69. The molecule has 86 valence electrons. The molecule has 1 fully saturated rings. The molecule has 2 nitrogen and oxygen atoms in total. The number of ether oxygens (including phenoxy) is 1. The molecule has 16 heavy (non-hydrogen) atoms. The highest BCUT2D eigenvalue weighted by Gasteiger charge is 2.18. The Kier molecular flexibility index (Phi) is 4.00. The molecule has 1 aliphatic rings. The summed E-state index contributed by atoms with van der Waals surface area (Å²) < 4.78 is 5.39. The standard InChI is InChI=1S/C14H19NO/c1-2-16-14-9-5-12(6-10-14)4-3-11-15-13-7-8-13/h3-6,9-10,13,15H,2,7-8,11H2,1H3. The van der Waals surface area contributed by atoms with Crippen LogP contribution in [0.25, 0.3) is 6.08 Å². The fourth-order valence-corrected chi connectivity index (χ4v) is 1.56. The van der Waals surface area contributed by atoms with Crippen molar-refractivity contribution in [1.29, 1.82) is 0 Å². The maximum absolute atomic E-state index is 5.39. The van der Waals surface area contributed by atoms with Gasteiger partial charge in [-0.3, -0.25) is 0 Å². The van der Waals surface area contributed by atoms with Crippen LogP contribution in [0, 0.1) is 0 Å². The van der Waals surface area contributed by atoms with Crippen molar-refractivity contribution in [2.75, 3.05) is 13.2 Å². The minimum atomic E-state index is 0.723. The Morgan fingerprint density at radius 2 is 2.06 bits per heavy atom. The smallest absolute Gasteiger partial charge is 0.119 e. The van der Waals surface area contributed by atoms with Crippen LogP contribution >= 0.6 is 0 Å². The first-order chi connectivity index (χ1) is 7.88. The van der Waals surface area contributed by atoms with Gasteiger partial charge in [-0.2, -0.15) is 0 Å². The third kappa shape index (κ3) is 3.70. The normalized spacial score (nSPS) is 15.6. The molecule has 0 heterocycles. The van der Waals surface area contributed by atoms with Gasteiger partial charge in [0.15, 0.2) is 0 Å². The van der Waals surface area contributed by atoms with Gasteiger partial charge in [-0.05, 0) is 37.5 Å². The van der Waals surface area contributed by atoms with Gasteiger partial charge in [-0.15, -0.1) is 0 Å². The first-order valence-electron chi connectivity index (χ1n) is 6.01. The quantitative estimate of drug-likeness (QED) is 0.791. The summed E-state index contributed by atoms with van der Waals surface area (Å²) in [5.41, 5.74) is 1.22. The molecule has 1 aromatic carbocycles. The van der Waals surface area contributed by atoms with Crippen molar-refractivity contribution in [3.8, 4) is 5.75 Å². The minimum Gasteiger partial charge on any atom is -0.494 e. The molecule has 0 saturated heterocycles. The maximum Gasteiger partial charge on any atom is 0.119 e. The second-order valence-corrected chi connectivity index (χ2v) is 4.09. The third-order valence-corrected chi connectivity index (χ3v) is 2.60. The van der Waals surface area contributed by atoms with E-state index in [-0.39, 0.29) is 0 Å². The fourth-order valence-electron chi connectivity index (χ4n) is 1.56. The third-order valence-electron chi connectivity index (χ3n) is 2.60. The molecule has 0 unspecified atom stereocenters. The molecule has 0 amide bonds. The van der Waals surface area contributed by atoms with Gasteiger partial charge in [0.2, 0.25) is 0 Å². The minimum absolute atomic E-state index is 0.723. The maximum atomic E-state index is 5.39. The highest BCUT2D eigenvalue weighted by molar-refractivity contribution is 5.50. The summed E-state index contributed by atoms with van der Waals surface area (Å²) >= 11 is 0. The highest BCUT2D eigenvalue weighted by Crippen LogP contribution is 2.18. The summed E-state index contributed by atoms with van der Waals surface area (Å²) in [5.74, 6) is 0.941. The van der Waals surface area contributed by atoms with Crippen LogP contribution in [0.1, 0.15) is 25.3 Å². The Balaban J connectivity index is 1.78. The molecule has 1 saturated carbocycles. The zero-order chi connectivity index (χ0) is 11.2. The summed E-state index contributed by atoms with van der Waals surface area (Å²) in [6.07, 6.45) is 7.01. The molecule has 2 rings (SSSR count). The van der Waals surface area contributed by atoms with Gasteiger partial charge in [0.25, 0.3) is 0 Å². The Bertz CT molecular complexity index is 338. The summed E-state index contributed by atoms with van der Waals surface area (Å²) in [4.78, 5) is 0. The van der Waals surface area contributed by atoms with E-state index in [9.17, 15) is 0 Å². The number of hydrogen-bond donors (Lipinski definition) is 1. The molecule has 1 aromatic rings. The Morgan fingerprint density at radius 3 is 2.69 bits per heavy atom. The predicted molar refractivity (Wildman–Crippen MR) is 67.7 cm³/mol. The van der Waals surface area contributed by atoms with E-state index in [4.69, 9.17) is 4.74 Å². The van der Waals surface area contributed by atoms with E-state index in [1.807, 2.05) is 19.1 Å². The van der Waals surface area contributed by atoms with Crippen LogP contribution in [0.2, 0.25) is 0 Å². The van der Waals surface area contributed by atoms with Gasteiger partial charge in [-0.25, -0.2) is 0 Å². The second kappa shape index (κ2) is 5.71. The molecule has 0 aliphatic heterocycles. The van der Waals surface area contributed by atoms with E-state index in [1.165, 1.54) is 18.4 Å². The van der Waals surface area contributed by atoms with Crippen LogP contribution in [0.3, 0.4) is 0 Å². The topological polar surface area (TPSA) is 21.3 Å². The molecule has 1 N–H and O–H groups in total. The molecule has 0 radical (unpaired) electrons. The molecule has 1 aliphatic carbocycles. The van der Waals surface area contributed by atoms with Crippen LogP contribution in [-0.2, 0) is 0 Å². The second-order valence-electron chi connectivity index (χ2n) is 4.09. The van der Waals surface area contributed by atoms with E-state index >= 15 is 0 Å². The molecule has 2 heteroatoms. The molecular weight excluding hydrogens is 198 g/mol. The van der Waals surface area contributed by atoms with Crippen LogP contribution < -0.4 is 10.1 Å². The molecule has 0 spiro atoms. The molecule has 0 bridgehead atoms. The summed E-state index contributed by atoms with van der Waals surface area (Å²) in [6, 6.07) is 8.97. The lowest BCUT2D eigenvalue weighted by Gasteiger charge is -2.02. The SMILES string of the molecule is CCOc1ccc(C=CCNC2CC2)cc1. The first kappa shape index (κ1) is 11.2. The summed E-state index contributed by atoms with van der Waals surface area (Å²) in [7, 11) is 0. The van der Waals surface area contributed by atoms with E-state index in [2.05, 4.69) is 29.6 Å². The molecule has 0 atom stereocenters. The van der Waals surface area contributed by atoms with E-state index < -0.39 is 0 Å². The molecule has 0 aromatic heterocycles. The van der Waals surface area contributed by atoms with E-state index in [0.717, 1.165) is 24.9 Å². The van der Waals surface area contributed by atoms with Crippen molar-refractivity contribution in [3.05, 3.63) is 35.9 Å². The largest absolute Gasteiger partial charge is 0.494 e. The number of nitrogens with one attached hydrogen (secondary N) is 1. The van der Waals surface area contributed by atoms with E-state index in [1.54, 1.807) is 0 Å². The van der Waals surface area contributed by atoms with Gasteiger partial charge in [0, 0.05) is 12.6 Å². The number of benzene rings is 1. The summed E-state index contributed by atoms with van der Waals surface area (Å²) in [5, 5.41) is 3.45. The van der Waals surface area contributed by atoms with Gasteiger partial charge >= 0.3 is 0 Å². The highest BCUT2D eigenvalue weighted by atomic mass is 16.5. The monoisotopic (exact) mass is 217 g/mol. The van der Waals surface area contributed by atoms with Gasteiger partial charge < -0.3 is 10.1 Å². The van der Waals surface area contributed by atoms with Crippen LogP contribution in [-0.4, -0.2) is 19.2 Å². The van der Waals surface area contributed by atoms with Crippen molar-refractivity contribution < 1.29 is 4.74 Å². The molecular formula is C14H19NO. The lowest BCUT2D eigenvalue weighted by atomic mass is 10.2. The van der Waals surface area contributed by atoms with Crippen LogP contribution in [0.15, 0.2) is 30.3 Å². The number of hydrogen-bond acceptors (Lipinski definition) is 2. The Morgan fingerprint density at radius 1 is 1.31 bits per heavy atom. The van der Waals surface area contributed by atoms with Crippen molar-refractivity contribution >= 4 is 6.08 Å². The van der Waals surface area contributed by atoms with Crippen molar-refractivity contribution in [1.82, 2.24) is 5.32 Å². The Hall–Kier alpha value is -1.28. The zero-order valence-corrected chi connectivity index (χ0v) is 9.78. The van der Waals surface area contributed by atoms with Crippen LogP contribution in [0.5, 0.6) is 5.75 Å². The van der Waals surface area contributed by atoms with Crippen LogP contribution in [0.4, 0.5) is 0 Å². The lowest BCUT2D eigenvalue weighted by molar-refractivity contribution is 0.340. The van der Waals surface area contributed by atoms with E-state index in [0.29, 0.717) is 0 Å². The van der Waals surface area contributed by atoms with Crippen molar-refractivity contribution in [3.63, 3.8) is 0 Å². The average molecular weight is 217 g/mol. The van der Waals surface area contributed by atoms with Crippen molar-refractivity contribution in [2.24, 2.45) is 0 Å². The Labute approximate surface area is 97.3 Å². The lowest BCUT2D eigenvalue weighted by Crippen LogP contribution is -2.15. The first-order valence-corrected chi connectivity index (χ1v) is 6.01. The van der Waals surface area contributed by atoms with Gasteiger partial charge in [0.05, 0.1) is 6.61 Å².